The Morgan fingerprint density at radius 2 is 2.33 bits per heavy atom. The highest BCUT2D eigenvalue weighted by Gasteiger charge is 2.34. The Labute approximate surface area is 55.8 Å². The maximum Gasteiger partial charge on any atom is 0.101 e. The number of rotatable bonds is 1. The molecule has 0 aliphatic heterocycles. The summed E-state index contributed by atoms with van der Waals surface area (Å²) < 4.78 is 0. The van der Waals surface area contributed by atoms with Crippen molar-refractivity contribution in [3.63, 3.8) is 0 Å². The van der Waals surface area contributed by atoms with Gasteiger partial charge in [0.1, 0.15) is 5.60 Å². The second-order valence-electron chi connectivity index (χ2n) is 3.39. The molecule has 2 unspecified atom stereocenters. The molecule has 1 saturated carbocycles. The van der Waals surface area contributed by atoms with Gasteiger partial charge in [-0.25, -0.2) is 4.89 Å². The van der Waals surface area contributed by atoms with Crippen LogP contribution in [0.5, 0.6) is 0 Å². The van der Waals surface area contributed by atoms with Crippen LogP contribution in [0.15, 0.2) is 0 Å². The van der Waals surface area contributed by atoms with E-state index in [1.807, 2.05) is 6.92 Å². The molecule has 9 heavy (non-hydrogen) atoms. The van der Waals surface area contributed by atoms with Crippen LogP contribution in [0.1, 0.15) is 33.1 Å². The summed E-state index contributed by atoms with van der Waals surface area (Å²) in [4.78, 5) is 4.37. The normalized spacial score (nSPS) is 43.7. The van der Waals surface area contributed by atoms with E-state index >= 15 is 0 Å². The Morgan fingerprint density at radius 1 is 1.67 bits per heavy atom. The third-order valence-electron chi connectivity index (χ3n) is 2.17. The van der Waals surface area contributed by atoms with Gasteiger partial charge in [-0.15, -0.1) is 0 Å². The Kier molecular flexibility index (Phi) is 1.78. The minimum absolute atomic E-state index is 0.237. The predicted octanol–water partition coefficient (Wildman–Crippen LogP) is 2.05. The minimum atomic E-state index is -0.237. The van der Waals surface area contributed by atoms with Gasteiger partial charge in [0, 0.05) is 0 Å². The molecule has 0 bridgehead atoms. The van der Waals surface area contributed by atoms with Crippen LogP contribution >= 0.6 is 0 Å². The van der Waals surface area contributed by atoms with Crippen molar-refractivity contribution in [2.75, 3.05) is 0 Å². The topological polar surface area (TPSA) is 29.5 Å². The predicted molar refractivity (Wildman–Crippen MR) is 35.1 cm³/mol. The molecule has 0 aromatic carbocycles. The van der Waals surface area contributed by atoms with Crippen LogP contribution < -0.4 is 0 Å². The molecule has 0 saturated heterocycles. The first-order chi connectivity index (χ1) is 4.16. The summed E-state index contributed by atoms with van der Waals surface area (Å²) in [5.74, 6) is 0.710. The van der Waals surface area contributed by atoms with Crippen LogP contribution in [0.2, 0.25) is 0 Å². The Morgan fingerprint density at radius 3 is 2.56 bits per heavy atom. The van der Waals surface area contributed by atoms with Gasteiger partial charge < -0.3 is 0 Å². The van der Waals surface area contributed by atoms with E-state index in [0.29, 0.717) is 5.92 Å². The summed E-state index contributed by atoms with van der Waals surface area (Å²) in [7, 11) is 0. The lowest BCUT2D eigenvalue weighted by Crippen LogP contribution is -2.22. The molecule has 0 aromatic rings. The molecule has 2 heteroatoms. The van der Waals surface area contributed by atoms with E-state index in [1.165, 1.54) is 6.42 Å². The molecule has 54 valence electrons. The molecule has 0 amide bonds. The molecule has 1 fully saturated rings. The fourth-order valence-electron chi connectivity index (χ4n) is 1.58. The summed E-state index contributed by atoms with van der Waals surface area (Å²) >= 11 is 0. The maximum atomic E-state index is 8.44. The highest BCUT2D eigenvalue weighted by molar-refractivity contribution is 4.83. The van der Waals surface area contributed by atoms with Gasteiger partial charge in [-0.05, 0) is 32.1 Å². The summed E-state index contributed by atoms with van der Waals surface area (Å²) in [6, 6.07) is 0. The summed E-state index contributed by atoms with van der Waals surface area (Å²) in [6.07, 6.45) is 3.16. The van der Waals surface area contributed by atoms with Crippen LogP contribution in [0, 0.1) is 5.92 Å². The van der Waals surface area contributed by atoms with Gasteiger partial charge in [0.15, 0.2) is 0 Å². The van der Waals surface area contributed by atoms with Gasteiger partial charge in [-0.2, -0.15) is 0 Å². The molecule has 0 aromatic heterocycles. The van der Waals surface area contributed by atoms with Crippen LogP contribution in [0.25, 0.3) is 0 Å². The first kappa shape index (κ1) is 7.03. The monoisotopic (exact) mass is 130 g/mol. The van der Waals surface area contributed by atoms with Crippen LogP contribution in [-0.2, 0) is 4.89 Å². The molecular weight excluding hydrogens is 116 g/mol. The zero-order valence-corrected chi connectivity index (χ0v) is 6.05. The fraction of sp³-hybridized carbons (Fsp3) is 1.00. The van der Waals surface area contributed by atoms with E-state index in [4.69, 9.17) is 5.26 Å². The van der Waals surface area contributed by atoms with Crippen molar-refractivity contribution in [1.29, 1.82) is 0 Å². The summed E-state index contributed by atoms with van der Waals surface area (Å²) in [6.45, 7) is 4.14. The third kappa shape index (κ3) is 1.43. The number of hydrogen-bond donors (Lipinski definition) is 1. The van der Waals surface area contributed by atoms with E-state index in [2.05, 4.69) is 11.8 Å². The summed E-state index contributed by atoms with van der Waals surface area (Å²) in [5.41, 5.74) is -0.237. The van der Waals surface area contributed by atoms with Gasteiger partial charge in [0.05, 0.1) is 0 Å². The van der Waals surface area contributed by atoms with E-state index < -0.39 is 0 Å². The van der Waals surface area contributed by atoms with Crippen LogP contribution in [-0.4, -0.2) is 10.9 Å². The van der Waals surface area contributed by atoms with Crippen molar-refractivity contribution < 1.29 is 10.1 Å². The molecule has 1 N–H and O–H groups in total. The standard InChI is InChI=1S/C7H14O2/c1-6-3-4-7(2,5-6)9-8/h6,8H,3-5H2,1-2H3. The van der Waals surface area contributed by atoms with E-state index in [0.717, 1.165) is 12.8 Å². The lowest BCUT2D eigenvalue weighted by Gasteiger charge is -2.18. The van der Waals surface area contributed by atoms with Crippen LogP contribution in [0.3, 0.4) is 0 Å². The zero-order valence-electron chi connectivity index (χ0n) is 6.05. The molecule has 0 heterocycles. The second kappa shape index (κ2) is 2.27. The zero-order chi connectivity index (χ0) is 6.91. The molecular formula is C7H14O2. The van der Waals surface area contributed by atoms with Crippen molar-refractivity contribution in [2.24, 2.45) is 5.92 Å². The second-order valence-corrected chi connectivity index (χ2v) is 3.39. The van der Waals surface area contributed by atoms with Crippen molar-refractivity contribution in [1.82, 2.24) is 0 Å². The molecule has 2 atom stereocenters. The lowest BCUT2D eigenvalue weighted by atomic mass is 10.0. The van der Waals surface area contributed by atoms with E-state index in [9.17, 15) is 0 Å². The van der Waals surface area contributed by atoms with Crippen molar-refractivity contribution >= 4 is 0 Å². The van der Waals surface area contributed by atoms with Gasteiger partial charge >= 0.3 is 0 Å². The average molecular weight is 130 g/mol. The Bertz CT molecular complexity index is 103. The maximum absolute atomic E-state index is 8.44. The van der Waals surface area contributed by atoms with Gasteiger partial charge in [-0.1, -0.05) is 6.92 Å². The lowest BCUT2D eigenvalue weighted by molar-refractivity contribution is -0.316. The van der Waals surface area contributed by atoms with Crippen molar-refractivity contribution in [3.8, 4) is 0 Å². The minimum Gasteiger partial charge on any atom is -0.251 e. The van der Waals surface area contributed by atoms with Gasteiger partial charge in [0.25, 0.3) is 0 Å². The van der Waals surface area contributed by atoms with Crippen LogP contribution in [0.4, 0.5) is 0 Å². The molecule has 1 aliphatic carbocycles. The smallest absolute Gasteiger partial charge is 0.101 e. The molecule has 1 rings (SSSR count). The first-order valence-corrected chi connectivity index (χ1v) is 3.49. The highest BCUT2D eigenvalue weighted by atomic mass is 17.1. The highest BCUT2D eigenvalue weighted by Crippen LogP contribution is 2.35. The van der Waals surface area contributed by atoms with Crippen molar-refractivity contribution in [3.05, 3.63) is 0 Å². The van der Waals surface area contributed by atoms with Crippen molar-refractivity contribution in [2.45, 2.75) is 38.7 Å². The molecule has 2 nitrogen and oxygen atoms in total. The number of hydrogen-bond acceptors (Lipinski definition) is 2. The average Bonchev–Trinajstić information content (AvgIpc) is 2.13. The third-order valence-corrected chi connectivity index (χ3v) is 2.17. The molecule has 0 spiro atoms. The van der Waals surface area contributed by atoms with Gasteiger partial charge in [-0.3, -0.25) is 5.26 Å². The largest absolute Gasteiger partial charge is 0.251 e. The SMILES string of the molecule is CC1CCC(C)(OO)C1. The van der Waals surface area contributed by atoms with E-state index in [1.54, 1.807) is 0 Å². The van der Waals surface area contributed by atoms with E-state index in [-0.39, 0.29) is 5.60 Å². The first-order valence-electron chi connectivity index (χ1n) is 3.49. The fourth-order valence-corrected chi connectivity index (χ4v) is 1.58. The van der Waals surface area contributed by atoms with Gasteiger partial charge in [0.2, 0.25) is 0 Å². The Balaban J connectivity index is 2.45. The quantitative estimate of drug-likeness (QED) is 0.435. The Hall–Kier alpha value is -0.0800. The summed E-state index contributed by atoms with van der Waals surface area (Å²) in [5, 5.41) is 8.44. The molecule has 0 radical (unpaired) electrons. The molecule has 1 aliphatic rings.